The SMILES string of the molecule is CC[C@@H](C(=O)N[C@H]1COc2c1ccc(C)c2C)N1CCCC1=O. The number of carbonyl (C=O) groups is 2. The number of hydrogen-bond acceptors (Lipinski definition) is 3. The molecule has 1 aromatic carbocycles. The third-order valence-corrected chi connectivity index (χ3v) is 4.97. The summed E-state index contributed by atoms with van der Waals surface area (Å²) in [6.45, 7) is 7.17. The van der Waals surface area contributed by atoms with E-state index in [4.69, 9.17) is 4.74 Å². The van der Waals surface area contributed by atoms with Crippen molar-refractivity contribution in [3.8, 4) is 5.75 Å². The molecule has 0 saturated carbocycles. The minimum absolute atomic E-state index is 0.0811. The largest absolute Gasteiger partial charge is 0.490 e. The zero-order valence-electron chi connectivity index (χ0n) is 14.0. The maximum Gasteiger partial charge on any atom is 0.243 e. The Bertz CT molecular complexity index is 641. The molecule has 3 rings (SSSR count). The molecule has 5 heteroatoms. The van der Waals surface area contributed by atoms with Crippen LogP contribution in [-0.4, -0.2) is 35.9 Å². The van der Waals surface area contributed by atoms with E-state index >= 15 is 0 Å². The van der Waals surface area contributed by atoms with Crippen molar-refractivity contribution in [1.82, 2.24) is 10.2 Å². The Kier molecular flexibility index (Phi) is 4.28. The van der Waals surface area contributed by atoms with Gasteiger partial charge in [-0.2, -0.15) is 0 Å². The molecule has 2 heterocycles. The van der Waals surface area contributed by atoms with Crippen LogP contribution in [0.3, 0.4) is 0 Å². The standard InChI is InChI=1S/C18H24N2O3/c1-4-15(20-9-5-6-16(20)21)18(22)19-14-10-23-17-12(3)11(2)7-8-13(14)17/h7-8,14-15H,4-6,9-10H2,1-3H3,(H,19,22)/t14-,15-/m0/s1. The van der Waals surface area contributed by atoms with Gasteiger partial charge in [-0.25, -0.2) is 0 Å². The molecule has 5 nitrogen and oxygen atoms in total. The zero-order chi connectivity index (χ0) is 16.6. The molecule has 1 aromatic rings. The van der Waals surface area contributed by atoms with Crippen LogP contribution in [0.25, 0.3) is 0 Å². The fourth-order valence-electron chi connectivity index (χ4n) is 3.47. The van der Waals surface area contributed by atoms with Crippen molar-refractivity contribution < 1.29 is 14.3 Å². The lowest BCUT2D eigenvalue weighted by molar-refractivity contribution is -0.138. The van der Waals surface area contributed by atoms with Crippen molar-refractivity contribution in [2.75, 3.05) is 13.2 Å². The van der Waals surface area contributed by atoms with E-state index in [0.29, 0.717) is 26.0 Å². The number of nitrogens with zero attached hydrogens (tertiary/aromatic N) is 1. The number of carbonyl (C=O) groups excluding carboxylic acids is 2. The minimum atomic E-state index is -0.374. The average Bonchev–Trinajstić information content (AvgIpc) is 3.12. The van der Waals surface area contributed by atoms with E-state index in [1.54, 1.807) is 4.90 Å². The van der Waals surface area contributed by atoms with Gasteiger partial charge in [0.2, 0.25) is 11.8 Å². The molecule has 0 spiro atoms. The van der Waals surface area contributed by atoms with Crippen molar-refractivity contribution in [2.24, 2.45) is 0 Å². The van der Waals surface area contributed by atoms with Crippen LogP contribution in [0.2, 0.25) is 0 Å². The van der Waals surface area contributed by atoms with Gasteiger partial charge in [-0.05, 0) is 37.8 Å². The third-order valence-electron chi connectivity index (χ3n) is 4.97. The molecule has 2 aliphatic heterocycles. The Morgan fingerprint density at radius 2 is 2.22 bits per heavy atom. The summed E-state index contributed by atoms with van der Waals surface area (Å²) in [7, 11) is 0. The maximum atomic E-state index is 12.7. The van der Waals surface area contributed by atoms with Gasteiger partial charge in [0.25, 0.3) is 0 Å². The summed E-state index contributed by atoms with van der Waals surface area (Å²) in [5.74, 6) is 0.893. The Morgan fingerprint density at radius 1 is 1.43 bits per heavy atom. The van der Waals surface area contributed by atoms with Crippen molar-refractivity contribution in [2.45, 2.75) is 52.1 Å². The predicted octanol–water partition coefficient (Wildman–Crippen LogP) is 2.25. The Balaban J connectivity index is 1.74. The van der Waals surface area contributed by atoms with E-state index < -0.39 is 0 Å². The van der Waals surface area contributed by atoms with E-state index in [9.17, 15) is 9.59 Å². The van der Waals surface area contributed by atoms with Gasteiger partial charge in [-0.1, -0.05) is 19.1 Å². The van der Waals surface area contributed by atoms with E-state index in [-0.39, 0.29) is 23.9 Å². The minimum Gasteiger partial charge on any atom is -0.490 e. The number of nitrogens with one attached hydrogen (secondary N) is 1. The number of benzene rings is 1. The lowest BCUT2D eigenvalue weighted by Gasteiger charge is -2.27. The monoisotopic (exact) mass is 316 g/mol. The van der Waals surface area contributed by atoms with Crippen LogP contribution < -0.4 is 10.1 Å². The van der Waals surface area contributed by atoms with Gasteiger partial charge in [0.05, 0.1) is 6.04 Å². The molecule has 2 aliphatic rings. The summed E-state index contributed by atoms with van der Waals surface area (Å²) < 4.78 is 5.79. The number of likely N-dealkylation sites (tertiary alicyclic amines) is 1. The molecule has 1 saturated heterocycles. The smallest absolute Gasteiger partial charge is 0.243 e. The van der Waals surface area contributed by atoms with Gasteiger partial charge in [-0.3, -0.25) is 9.59 Å². The highest BCUT2D eigenvalue weighted by Crippen LogP contribution is 2.36. The van der Waals surface area contributed by atoms with Crippen LogP contribution in [0, 0.1) is 13.8 Å². The highest BCUT2D eigenvalue weighted by molar-refractivity contribution is 5.88. The lowest BCUT2D eigenvalue weighted by atomic mass is 10.0. The van der Waals surface area contributed by atoms with Crippen molar-refractivity contribution in [3.05, 3.63) is 28.8 Å². The second-order valence-electron chi connectivity index (χ2n) is 6.41. The van der Waals surface area contributed by atoms with Crippen LogP contribution in [0.1, 0.15) is 48.9 Å². The second kappa shape index (κ2) is 6.22. The van der Waals surface area contributed by atoms with Crippen LogP contribution in [0.5, 0.6) is 5.75 Å². The van der Waals surface area contributed by atoms with Gasteiger partial charge >= 0.3 is 0 Å². The molecular formula is C18H24N2O3. The van der Waals surface area contributed by atoms with Crippen LogP contribution >= 0.6 is 0 Å². The first kappa shape index (κ1) is 15.8. The molecular weight excluding hydrogens is 292 g/mol. The average molecular weight is 316 g/mol. The molecule has 0 radical (unpaired) electrons. The number of hydrogen-bond donors (Lipinski definition) is 1. The van der Waals surface area contributed by atoms with Crippen LogP contribution in [0.4, 0.5) is 0 Å². The molecule has 1 fully saturated rings. The Labute approximate surface area is 137 Å². The quantitative estimate of drug-likeness (QED) is 0.927. The van der Waals surface area contributed by atoms with Gasteiger partial charge in [0.15, 0.2) is 0 Å². The summed E-state index contributed by atoms with van der Waals surface area (Å²) in [5.41, 5.74) is 3.34. The molecule has 0 aromatic heterocycles. The normalized spacial score (nSPS) is 21.1. The van der Waals surface area contributed by atoms with Crippen molar-refractivity contribution >= 4 is 11.8 Å². The lowest BCUT2D eigenvalue weighted by Crippen LogP contribution is -2.48. The number of fused-ring (bicyclic) bond motifs is 1. The van der Waals surface area contributed by atoms with Crippen LogP contribution in [-0.2, 0) is 9.59 Å². The summed E-state index contributed by atoms with van der Waals surface area (Å²) in [6.07, 6.45) is 2.03. The maximum absolute atomic E-state index is 12.7. The van der Waals surface area contributed by atoms with Crippen molar-refractivity contribution in [3.63, 3.8) is 0 Å². The van der Waals surface area contributed by atoms with E-state index in [0.717, 1.165) is 23.3 Å². The number of amides is 2. The van der Waals surface area contributed by atoms with Gasteiger partial charge in [0.1, 0.15) is 18.4 Å². The predicted molar refractivity (Wildman–Crippen MR) is 87.3 cm³/mol. The van der Waals surface area contributed by atoms with Crippen molar-refractivity contribution in [1.29, 1.82) is 0 Å². The Hall–Kier alpha value is -2.04. The molecule has 23 heavy (non-hydrogen) atoms. The molecule has 2 atom stereocenters. The number of rotatable bonds is 4. The molecule has 1 N–H and O–H groups in total. The molecule has 0 unspecified atom stereocenters. The number of ether oxygens (including phenoxy) is 1. The topological polar surface area (TPSA) is 58.6 Å². The molecule has 0 aliphatic carbocycles. The highest BCUT2D eigenvalue weighted by Gasteiger charge is 2.34. The fourth-order valence-corrected chi connectivity index (χ4v) is 3.47. The van der Waals surface area contributed by atoms with Gasteiger partial charge < -0.3 is 15.0 Å². The van der Waals surface area contributed by atoms with Gasteiger partial charge in [-0.15, -0.1) is 0 Å². The number of aryl methyl sites for hydroxylation is 1. The van der Waals surface area contributed by atoms with E-state index in [2.05, 4.69) is 18.3 Å². The Morgan fingerprint density at radius 3 is 2.87 bits per heavy atom. The van der Waals surface area contributed by atoms with Crippen LogP contribution in [0.15, 0.2) is 12.1 Å². The third kappa shape index (κ3) is 2.80. The highest BCUT2D eigenvalue weighted by atomic mass is 16.5. The first-order chi connectivity index (χ1) is 11.0. The fraction of sp³-hybridized carbons (Fsp3) is 0.556. The first-order valence-corrected chi connectivity index (χ1v) is 8.35. The summed E-state index contributed by atoms with van der Waals surface area (Å²) in [6, 6.07) is 3.57. The van der Waals surface area contributed by atoms with E-state index in [1.165, 1.54) is 5.56 Å². The summed E-state index contributed by atoms with van der Waals surface area (Å²) in [5, 5.41) is 3.07. The zero-order valence-corrected chi connectivity index (χ0v) is 14.0. The molecule has 124 valence electrons. The molecule has 2 amide bonds. The summed E-state index contributed by atoms with van der Waals surface area (Å²) >= 11 is 0. The summed E-state index contributed by atoms with van der Waals surface area (Å²) in [4.78, 5) is 26.3. The second-order valence-corrected chi connectivity index (χ2v) is 6.41. The molecule has 0 bridgehead atoms. The van der Waals surface area contributed by atoms with E-state index in [1.807, 2.05) is 19.9 Å². The first-order valence-electron chi connectivity index (χ1n) is 8.35. The van der Waals surface area contributed by atoms with Gasteiger partial charge in [0, 0.05) is 18.5 Å².